The number of carbonyl (C=O) groups is 1. The van der Waals surface area contributed by atoms with Crippen LogP contribution in [0, 0.1) is 11.8 Å². The van der Waals surface area contributed by atoms with E-state index in [-0.39, 0.29) is 17.8 Å². The molecule has 1 aliphatic carbocycles. The fourth-order valence-corrected chi connectivity index (χ4v) is 3.48. The van der Waals surface area contributed by atoms with Crippen molar-refractivity contribution in [3.63, 3.8) is 0 Å². The molecule has 0 radical (unpaired) electrons. The van der Waals surface area contributed by atoms with Gasteiger partial charge in [0.05, 0.1) is 25.4 Å². The van der Waals surface area contributed by atoms with Gasteiger partial charge in [0.15, 0.2) is 0 Å². The van der Waals surface area contributed by atoms with Gasteiger partial charge in [0.25, 0.3) is 0 Å². The van der Waals surface area contributed by atoms with Gasteiger partial charge in [-0.25, -0.2) is 0 Å². The molecule has 140 valence electrons. The monoisotopic (exact) mass is 342 g/mol. The Kier molecular flexibility index (Phi) is 10.2. The molecule has 1 rings (SSSR count). The quantitative estimate of drug-likeness (QED) is 0.305. The van der Waals surface area contributed by atoms with E-state index >= 15 is 0 Å². The van der Waals surface area contributed by atoms with Crippen LogP contribution in [0.2, 0.25) is 0 Å². The van der Waals surface area contributed by atoms with E-state index < -0.39 is 18.3 Å². The lowest BCUT2D eigenvalue weighted by Gasteiger charge is -2.21. The predicted octanol–water partition coefficient (Wildman–Crippen LogP) is 2.58. The smallest absolute Gasteiger partial charge is 0.305 e. The van der Waals surface area contributed by atoms with E-state index in [0.717, 1.165) is 44.9 Å². The zero-order valence-electron chi connectivity index (χ0n) is 15.1. The zero-order chi connectivity index (χ0) is 17.9. The van der Waals surface area contributed by atoms with Crippen molar-refractivity contribution in [3.05, 3.63) is 12.2 Å². The Labute approximate surface area is 145 Å². The molecule has 0 amide bonds. The van der Waals surface area contributed by atoms with Crippen molar-refractivity contribution in [2.75, 3.05) is 7.11 Å². The molecule has 5 atom stereocenters. The fourth-order valence-electron chi connectivity index (χ4n) is 3.48. The molecule has 0 aromatic heterocycles. The summed E-state index contributed by atoms with van der Waals surface area (Å²) < 4.78 is 4.62. The van der Waals surface area contributed by atoms with E-state index in [2.05, 4.69) is 11.7 Å². The van der Waals surface area contributed by atoms with E-state index in [0.29, 0.717) is 12.8 Å². The molecule has 5 heteroatoms. The van der Waals surface area contributed by atoms with Gasteiger partial charge in [-0.1, -0.05) is 44.8 Å². The molecule has 24 heavy (non-hydrogen) atoms. The number of hydrogen-bond donors (Lipinski definition) is 3. The Bertz CT molecular complexity index is 382. The van der Waals surface area contributed by atoms with E-state index in [1.807, 2.05) is 6.08 Å². The highest BCUT2D eigenvalue weighted by molar-refractivity contribution is 5.68. The van der Waals surface area contributed by atoms with Gasteiger partial charge in [-0.2, -0.15) is 0 Å². The molecule has 0 bridgehead atoms. The minimum atomic E-state index is -0.565. The predicted molar refractivity (Wildman–Crippen MR) is 93.4 cm³/mol. The first-order chi connectivity index (χ1) is 11.5. The maximum absolute atomic E-state index is 11.1. The molecule has 0 saturated heterocycles. The van der Waals surface area contributed by atoms with Crippen LogP contribution in [0.5, 0.6) is 0 Å². The van der Waals surface area contributed by atoms with Crippen molar-refractivity contribution in [2.24, 2.45) is 11.8 Å². The highest BCUT2D eigenvalue weighted by Crippen LogP contribution is 2.37. The van der Waals surface area contributed by atoms with E-state index in [1.54, 1.807) is 6.08 Å². The second-order valence-corrected chi connectivity index (χ2v) is 6.88. The van der Waals surface area contributed by atoms with Crippen LogP contribution in [-0.2, 0) is 9.53 Å². The fraction of sp³-hybridized carbons (Fsp3) is 0.842. The molecule has 0 aromatic carbocycles. The van der Waals surface area contributed by atoms with Crippen LogP contribution < -0.4 is 0 Å². The van der Waals surface area contributed by atoms with Crippen molar-refractivity contribution >= 4 is 5.97 Å². The molecule has 5 nitrogen and oxygen atoms in total. The summed E-state index contributed by atoms with van der Waals surface area (Å²) in [5, 5.41) is 30.3. The van der Waals surface area contributed by atoms with Crippen LogP contribution in [0.15, 0.2) is 12.2 Å². The van der Waals surface area contributed by atoms with Gasteiger partial charge in [0.2, 0.25) is 0 Å². The summed E-state index contributed by atoms with van der Waals surface area (Å²) in [6.07, 6.45) is 9.10. The molecule has 3 N–H and O–H groups in total. The van der Waals surface area contributed by atoms with Gasteiger partial charge >= 0.3 is 5.97 Å². The molecule has 0 aliphatic heterocycles. The van der Waals surface area contributed by atoms with Crippen LogP contribution in [0.4, 0.5) is 0 Å². The molecular formula is C19H34O5. The minimum Gasteiger partial charge on any atom is -0.469 e. The Morgan fingerprint density at radius 3 is 2.62 bits per heavy atom. The minimum absolute atomic E-state index is 0.0169. The van der Waals surface area contributed by atoms with Gasteiger partial charge in [0, 0.05) is 18.8 Å². The second kappa shape index (κ2) is 11.6. The third-order valence-corrected chi connectivity index (χ3v) is 4.97. The van der Waals surface area contributed by atoms with Crippen molar-refractivity contribution < 1.29 is 24.9 Å². The standard InChI is InChI=1S/C19H34O5/c1-3-4-5-8-14(20)11-12-16-15(17(21)13-18(16)22)9-6-7-10-19(23)24-2/h11-12,14-18,20-22H,3-10,13H2,1-2H3/b12-11+/t14-,15+,16+,17-,18+/m0/s1. The molecule has 0 aromatic rings. The van der Waals surface area contributed by atoms with E-state index in [1.165, 1.54) is 7.11 Å². The molecular weight excluding hydrogens is 308 g/mol. The Morgan fingerprint density at radius 2 is 1.96 bits per heavy atom. The number of ether oxygens (including phenoxy) is 1. The van der Waals surface area contributed by atoms with Crippen LogP contribution in [0.25, 0.3) is 0 Å². The zero-order valence-corrected chi connectivity index (χ0v) is 15.1. The number of hydrogen-bond acceptors (Lipinski definition) is 5. The van der Waals surface area contributed by atoms with Gasteiger partial charge in [-0.15, -0.1) is 0 Å². The number of unbranched alkanes of at least 4 members (excludes halogenated alkanes) is 3. The highest BCUT2D eigenvalue weighted by atomic mass is 16.5. The molecule has 1 saturated carbocycles. The van der Waals surface area contributed by atoms with Crippen LogP contribution >= 0.6 is 0 Å². The maximum atomic E-state index is 11.1. The summed E-state index contributed by atoms with van der Waals surface area (Å²) in [4.78, 5) is 11.1. The summed E-state index contributed by atoms with van der Waals surface area (Å²) >= 11 is 0. The number of rotatable bonds is 11. The summed E-state index contributed by atoms with van der Waals surface area (Å²) in [6, 6.07) is 0. The van der Waals surface area contributed by atoms with Crippen molar-refractivity contribution in [1.29, 1.82) is 0 Å². The topological polar surface area (TPSA) is 87.0 Å². The highest BCUT2D eigenvalue weighted by Gasteiger charge is 2.39. The number of carbonyl (C=O) groups excluding carboxylic acids is 1. The lowest BCUT2D eigenvalue weighted by Crippen LogP contribution is -2.21. The summed E-state index contributed by atoms with van der Waals surface area (Å²) in [5.74, 6) is -0.357. The van der Waals surface area contributed by atoms with Crippen molar-refractivity contribution in [3.8, 4) is 0 Å². The first-order valence-corrected chi connectivity index (χ1v) is 9.28. The normalized spacial score (nSPS) is 28.4. The Balaban J connectivity index is 2.45. The third-order valence-electron chi connectivity index (χ3n) is 4.97. The first kappa shape index (κ1) is 21.1. The van der Waals surface area contributed by atoms with Crippen molar-refractivity contribution in [1.82, 2.24) is 0 Å². The SMILES string of the molecule is CCCCC[C@H](O)/C=C/[C@@H]1[C@@H](CCCCC(=O)OC)[C@@H](O)C[C@H]1O. The number of esters is 1. The largest absolute Gasteiger partial charge is 0.469 e. The average molecular weight is 342 g/mol. The lowest BCUT2D eigenvalue weighted by atomic mass is 9.88. The number of aliphatic hydroxyl groups excluding tert-OH is 3. The van der Waals surface area contributed by atoms with Gasteiger partial charge in [-0.3, -0.25) is 4.79 Å². The van der Waals surface area contributed by atoms with E-state index in [4.69, 9.17) is 0 Å². The van der Waals surface area contributed by atoms with Crippen molar-refractivity contribution in [2.45, 2.75) is 83.0 Å². The number of aliphatic hydroxyl groups is 3. The average Bonchev–Trinajstić information content (AvgIpc) is 2.82. The first-order valence-electron chi connectivity index (χ1n) is 9.28. The van der Waals surface area contributed by atoms with Gasteiger partial charge < -0.3 is 20.1 Å². The lowest BCUT2D eigenvalue weighted by molar-refractivity contribution is -0.140. The summed E-state index contributed by atoms with van der Waals surface area (Å²) in [7, 11) is 1.38. The molecule has 0 heterocycles. The second-order valence-electron chi connectivity index (χ2n) is 6.88. The molecule has 0 unspecified atom stereocenters. The van der Waals surface area contributed by atoms with Crippen LogP contribution in [0.1, 0.15) is 64.7 Å². The summed E-state index contributed by atoms with van der Waals surface area (Å²) in [5.41, 5.74) is 0. The molecule has 1 fully saturated rings. The maximum Gasteiger partial charge on any atom is 0.305 e. The number of methoxy groups -OCH3 is 1. The van der Waals surface area contributed by atoms with E-state index in [9.17, 15) is 20.1 Å². The summed E-state index contributed by atoms with van der Waals surface area (Å²) in [6.45, 7) is 2.13. The molecule has 0 spiro atoms. The van der Waals surface area contributed by atoms with Crippen LogP contribution in [0.3, 0.4) is 0 Å². The van der Waals surface area contributed by atoms with Gasteiger partial charge in [-0.05, 0) is 25.2 Å². The van der Waals surface area contributed by atoms with Gasteiger partial charge in [0.1, 0.15) is 0 Å². The molecule has 1 aliphatic rings. The Hall–Kier alpha value is -0.910. The Morgan fingerprint density at radius 1 is 1.21 bits per heavy atom. The van der Waals surface area contributed by atoms with Crippen LogP contribution in [-0.4, -0.2) is 46.7 Å². The third kappa shape index (κ3) is 7.32.